The van der Waals surface area contributed by atoms with E-state index in [0.717, 1.165) is 10.2 Å². The van der Waals surface area contributed by atoms with E-state index in [9.17, 15) is 4.79 Å². The van der Waals surface area contributed by atoms with Crippen LogP contribution in [0.4, 0.5) is 5.82 Å². The molecule has 0 aliphatic carbocycles. The molecule has 1 atom stereocenters. The topological polar surface area (TPSA) is 80.9 Å². The molecule has 0 radical (unpaired) electrons. The van der Waals surface area contributed by atoms with E-state index >= 15 is 0 Å². The van der Waals surface area contributed by atoms with Gasteiger partial charge in [0.05, 0.1) is 10.6 Å². The van der Waals surface area contributed by atoms with Gasteiger partial charge in [0.15, 0.2) is 5.16 Å². The molecule has 18 heavy (non-hydrogen) atoms. The van der Waals surface area contributed by atoms with Crippen LogP contribution < -0.4 is 11.1 Å². The predicted octanol–water partition coefficient (Wildman–Crippen LogP) is 1.89. The van der Waals surface area contributed by atoms with Gasteiger partial charge >= 0.3 is 0 Å². The van der Waals surface area contributed by atoms with Gasteiger partial charge in [-0.25, -0.2) is 9.97 Å². The number of hydrogen-bond acceptors (Lipinski definition) is 6. The fraction of sp³-hybridized carbons (Fsp3) is 0.364. The summed E-state index contributed by atoms with van der Waals surface area (Å²) >= 11 is 2.83. The minimum Gasteiger partial charge on any atom is -0.383 e. The lowest BCUT2D eigenvalue weighted by Crippen LogP contribution is -2.30. The third-order valence-electron chi connectivity index (χ3n) is 2.34. The van der Waals surface area contributed by atoms with Gasteiger partial charge in [0.25, 0.3) is 0 Å². The molecule has 0 saturated carbocycles. The molecule has 0 bridgehead atoms. The van der Waals surface area contributed by atoms with Crippen LogP contribution in [0.1, 0.15) is 13.8 Å². The zero-order valence-corrected chi connectivity index (χ0v) is 11.8. The molecule has 5 nitrogen and oxygen atoms in total. The molecule has 0 aromatic carbocycles. The van der Waals surface area contributed by atoms with Crippen molar-refractivity contribution in [2.45, 2.75) is 24.3 Å². The normalized spacial score (nSPS) is 12.6. The van der Waals surface area contributed by atoms with Crippen molar-refractivity contribution in [2.24, 2.45) is 0 Å². The number of nitrogen functional groups attached to an aromatic ring is 1. The molecule has 0 aliphatic heterocycles. The monoisotopic (exact) mass is 282 g/mol. The summed E-state index contributed by atoms with van der Waals surface area (Å²) in [7, 11) is 0. The van der Waals surface area contributed by atoms with Crippen molar-refractivity contribution in [1.82, 2.24) is 15.3 Å². The summed E-state index contributed by atoms with van der Waals surface area (Å²) in [6.45, 7) is 4.34. The maximum Gasteiger partial charge on any atom is 0.233 e. The number of thiophene rings is 1. The Morgan fingerprint density at radius 3 is 3.11 bits per heavy atom. The summed E-state index contributed by atoms with van der Waals surface area (Å²) < 4.78 is 0. The second-order valence-electron chi connectivity index (χ2n) is 3.69. The first kappa shape index (κ1) is 13.1. The highest BCUT2D eigenvalue weighted by Gasteiger charge is 2.16. The minimum absolute atomic E-state index is 0.0176. The number of hydrogen-bond donors (Lipinski definition) is 2. The highest BCUT2D eigenvalue weighted by Crippen LogP contribution is 2.27. The van der Waals surface area contributed by atoms with E-state index in [1.807, 2.05) is 25.3 Å². The number of amides is 1. The van der Waals surface area contributed by atoms with Gasteiger partial charge in [-0.1, -0.05) is 11.8 Å². The summed E-state index contributed by atoms with van der Waals surface area (Å²) in [6, 6.07) is 1.90. The van der Waals surface area contributed by atoms with Crippen molar-refractivity contribution in [3.8, 4) is 0 Å². The Labute approximate surface area is 113 Å². The average Bonchev–Trinajstić information content (AvgIpc) is 2.77. The van der Waals surface area contributed by atoms with Crippen LogP contribution in [0.2, 0.25) is 0 Å². The number of nitrogens with two attached hydrogens (primary N) is 1. The third-order valence-corrected chi connectivity index (χ3v) is 4.10. The molecule has 0 spiro atoms. The summed E-state index contributed by atoms with van der Waals surface area (Å²) in [4.78, 5) is 21.1. The summed E-state index contributed by atoms with van der Waals surface area (Å²) in [5.41, 5.74) is 5.85. The Kier molecular flexibility index (Phi) is 4.03. The van der Waals surface area contributed by atoms with Crippen LogP contribution in [0, 0.1) is 0 Å². The molecule has 7 heteroatoms. The van der Waals surface area contributed by atoms with Crippen LogP contribution in [0.5, 0.6) is 0 Å². The van der Waals surface area contributed by atoms with Crippen LogP contribution in [0.15, 0.2) is 16.6 Å². The third kappa shape index (κ3) is 2.73. The van der Waals surface area contributed by atoms with E-state index in [2.05, 4.69) is 15.3 Å². The minimum atomic E-state index is -0.234. The van der Waals surface area contributed by atoms with Gasteiger partial charge < -0.3 is 11.1 Å². The fourth-order valence-corrected chi connectivity index (χ4v) is 3.07. The van der Waals surface area contributed by atoms with E-state index in [1.54, 1.807) is 0 Å². The molecule has 3 N–H and O–H groups in total. The number of carbonyl (C=O) groups is 1. The number of nitrogens with zero attached hydrogens (tertiary/aromatic N) is 2. The first-order valence-corrected chi connectivity index (χ1v) is 7.32. The van der Waals surface area contributed by atoms with Gasteiger partial charge in [0.1, 0.15) is 10.6 Å². The van der Waals surface area contributed by atoms with Crippen molar-refractivity contribution >= 4 is 45.0 Å². The first-order chi connectivity index (χ1) is 8.61. The smallest absolute Gasteiger partial charge is 0.233 e. The molecule has 1 amide bonds. The van der Waals surface area contributed by atoms with Crippen molar-refractivity contribution < 1.29 is 4.79 Å². The molecule has 0 saturated heterocycles. The van der Waals surface area contributed by atoms with E-state index in [0.29, 0.717) is 17.5 Å². The SMILES string of the molecule is CCNC(=O)[C@@H](C)Sc1nc(N)c2ccsc2n1. The molecule has 2 aromatic rings. The molecule has 96 valence electrons. The second-order valence-corrected chi connectivity index (χ2v) is 5.89. The summed E-state index contributed by atoms with van der Waals surface area (Å²) in [5, 5.41) is 5.87. The number of nitrogens with one attached hydrogen (secondary N) is 1. The molecular formula is C11H14N4OS2. The zero-order chi connectivity index (χ0) is 13.1. The van der Waals surface area contributed by atoms with Crippen LogP contribution in [-0.4, -0.2) is 27.7 Å². The average molecular weight is 282 g/mol. The van der Waals surface area contributed by atoms with Gasteiger partial charge in [0, 0.05) is 6.54 Å². The Balaban J connectivity index is 2.18. The van der Waals surface area contributed by atoms with E-state index < -0.39 is 0 Å². The predicted molar refractivity (Wildman–Crippen MR) is 75.8 cm³/mol. The summed E-state index contributed by atoms with van der Waals surface area (Å²) in [6.07, 6.45) is 0. The molecular weight excluding hydrogens is 268 g/mol. The van der Waals surface area contributed by atoms with Gasteiger partial charge in [-0.05, 0) is 25.3 Å². The van der Waals surface area contributed by atoms with Crippen molar-refractivity contribution in [3.63, 3.8) is 0 Å². The Morgan fingerprint density at radius 2 is 2.39 bits per heavy atom. The van der Waals surface area contributed by atoms with E-state index in [-0.39, 0.29) is 11.2 Å². The Morgan fingerprint density at radius 1 is 1.61 bits per heavy atom. The lowest BCUT2D eigenvalue weighted by atomic mass is 10.4. The lowest BCUT2D eigenvalue weighted by Gasteiger charge is -2.09. The number of carbonyl (C=O) groups excluding carboxylic acids is 1. The van der Waals surface area contributed by atoms with Gasteiger partial charge in [-0.15, -0.1) is 11.3 Å². The number of aromatic nitrogens is 2. The maximum absolute atomic E-state index is 11.6. The number of thioether (sulfide) groups is 1. The molecule has 2 rings (SSSR count). The fourth-order valence-electron chi connectivity index (χ4n) is 1.44. The molecule has 2 aromatic heterocycles. The lowest BCUT2D eigenvalue weighted by molar-refractivity contribution is -0.120. The first-order valence-electron chi connectivity index (χ1n) is 5.57. The second kappa shape index (κ2) is 5.53. The Bertz CT molecular complexity index is 569. The van der Waals surface area contributed by atoms with Crippen LogP contribution in [-0.2, 0) is 4.79 Å². The highest BCUT2D eigenvalue weighted by atomic mass is 32.2. The van der Waals surface area contributed by atoms with Crippen molar-refractivity contribution in [3.05, 3.63) is 11.4 Å². The van der Waals surface area contributed by atoms with Gasteiger partial charge in [0.2, 0.25) is 5.91 Å². The number of anilines is 1. The maximum atomic E-state index is 11.6. The van der Waals surface area contributed by atoms with E-state index in [4.69, 9.17) is 5.73 Å². The molecule has 0 fully saturated rings. The van der Waals surface area contributed by atoms with Crippen LogP contribution >= 0.6 is 23.1 Å². The molecule has 0 unspecified atom stereocenters. The number of rotatable bonds is 4. The Hall–Kier alpha value is -1.34. The van der Waals surface area contributed by atoms with Crippen LogP contribution in [0.3, 0.4) is 0 Å². The van der Waals surface area contributed by atoms with Gasteiger partial charge in [-0.3, -0.25) is 4.79 Å². The van der Waals surface area contributed by atoms with Crippen molar-refractivity contribution in [2.75, 3.05) is 12.3 Å². The number of fused-ring (bicyclic) bond motifs is 1. The standard InChI is InChI=1S/C11H14N4OS2/c1-3-13-9(16)6(2)18-11-14-8(12)7-4-5-17-10(7)15-11/h4-6H,3H2,1-2H3,(H,13,16)(H2,12,14,15)/t6-/m1/s1. The zero-order valence-electron chi connectivity index (χ0n) is 10.1. The summed E-state index contributed by atoms with van der Waals surface area (Å²) in [5.74, 6) is 0.447. The van der Waals surface area contributed by atoms with E-state index in [1.165, 1.54) is 23.1 Å². The van der Waals surface area contributed by atoms with Crippen LogP contribution in [0.25, 0.3) is 10.2 Å². The molecule has 2 heterocycles. The largest absolute Gasteiger partial charge is 0.383 e. The van der Waals surface area contributed by atoms with Crippen molar-refractivity contribution in [1.29, 1.82) is 0 Å². The highest BCUT2D eigenvalue weighted by molar-refractivity contribution is 8.00. The quantitative estimate of drug-likeness (QED) is 0.661. The van der Waals surface area contributed by atoms with Gasteiger partial charge in [-0.2, -0.15) is 0 Å². The molecule has 0 aliphatic rings.